The number of carbonyl (C=O) groups excluding carboxylic acids is 1. The van der Waals surface area contributed by atoms with Crippen LogP contribution in [-0.4, -0.2) is 43.5 Å². The molecule has 0 saturated heterocycles. The molecule has 2 aliphatic rings. The maximum atomic E-state index is 11.8. The lowest BCUT2D eigenvalue weighted by molar-refractivity contribution is -0.122. The molecule has 0 heterocycles. The molecular weight excluding hydrogens is 240 g/mol. The largest absolute Gasteiger partial charge is 0.352 e. The van der Waals surface area contributed by atoms with E-state index in [1.165, 1.54) is 10.6 Å². The topological polar surface area (TPSA) is 66.5 Å². The van der Waals surface area contributed by atoms with Crippen molar-refractivity contribution in [3.63, 3.8) is 0 Å². The van der Waals surface area contributed by atoms with Crippen LogP contribution >= 0.6 is 0 Å². The average Bonchev–Trinajstić information content (AvgIpc) is 2.92. The summed E-state index contributed by atoms with van der Waals surface area (Å²) in [5.41, 5.74) is 0. The summed E-state index contributed by atoms with van der Waals surface area (Å²) in [4.78, 5) is 11.8. The fourth-order valence-electron chi connectivity index (χ4n) is 2.36. The lowest BCUT2D eigenvalue weighted by Gasteiger charge is -2.20. The highest BCUT2D eigenvalue weighted by Gasteiger charge is 2.36. The van der Waals surface area contributed by atoms with Crippen LogP contribution in [-0.2, 0) is 14.8 Å². The fraction of sp³-hybridized carbons (Fsp3) is 0.909. The van der Waals surface area contributed by atoms with Gasteiger partial charge in [-0.2, -0.15) is 4.31 Å². The van der Waals surface area contributed by atoms with E-state index in [1.54, 1.807) is 0 Å². The molecule has 0 bridgehead atoms. The minimum atomic E-state index is -3.26. The van der Waals surface area contributed by atoms with E-state index in [2.05, 4.69) is 5.32 Å². The van der Waals surface area contributed by atoms with Gasteiger partial charge < -0.3 is 5.32 Å². The van der Waals surface area contributed by atoms with E-state index in [0.29, 0.717) is 0 Å². The van der Waals surface area contributed by atoms with Gasteiger partial charge in [-0.25, -0.2) is 8.42 Å². The molecule has 0 aromatic carbocycles. The molecule has 98 valence electrons. The summed E-state index contributed by atoms with van der Waals surface area (Å²) in [6, 6.07) is 0.308. The van der Waals surface area contributed by atoms with Gasteiger partial charge in [0.2, 0.25) is 15.9 Å². The SMILES string of the molecule is CS(=O)(=O)N(CC(=O)NC1CCCC1)C1CC1. The molecule has 0 aromatic heterocycles. The van der Waals surface area contributed by atoms with Gasteiger partial charge in [0, 0.05) is 12.1 Å². The molecule has 2 saturated carbocycles. The zero-order chi connectivity index (χ0) is 12.5. The number of hydrogen-bond acceptors (Lipinski definition) is 3. The number of amides is 1. The Labute approximate surface area is 103 Å². The second kappa shape index (κ2) is 4.94. The predicted molar refractivity (Wildman–Crippen MR) is 65.0 cm³/mol. The second-order valence-corrected chi connectivity index (χ2v) is 7.02. The van der Waals surface area contributed by atoms with Crippen molar-refractivity contribution in [2.75, 3.05) is 12.8 Å². The number of sulfonamides is 1. The van der Waals surface area contributed by atoms with Gasteiger partial charge in [-0.1, -0.05) is 12.8 Å². The van der Waals surface area contributed by atoms with E-state index in [-0.39, 0.29) is 24.5 Å². The number of rotatable bonds is 5. The van der Waals surface area contributed by atoms with Gasteiger partial charge in [0.15, 0.2) is 0 Å². The van der Waals surface area contributed by atoms with Gasteiger partial charge >= 0.3 is 0 Å². The molecule has 0 spiro atoms. The highest BCUT2D eigenvalue weighted by atomic mass is 32.2. The van der Waals surface area contributed by atoms with Crippen LogP contribution in [0.3, 0.4) is 0 Å². The molecule has 0 aromatic rings. The van der Waals surface area contributed by atoms with Gasteiger partial charge in [-0.05, 0) is 25.7 Å². The maximum absolute atomic E-state index is 11.8. The van der Waals surface area contributed by atoms with Crippen molar-refractivity contribution in [2.45, 2.75) is 50.6 Å². The van der Waals surface area contributed by atoms with E-state index >= 15 is 0 Å². The van der Waals surface area contributed by atoms with Crippen LogP contribution < -0.4 is 5.32 Å². The first-order chi connectivity index (χ1) is 7.97. The number of nitrogens with zero attached hydrogens (tertiary/aromatic N) is 1. The molecule has 2 rings (SSSR count). The Bertz CT molecular complexity index is 384. The summed E-state index contributed by atoms with van der Waals surface area (Å²) in [6.45, 7) is -0.0139. The standard InChI is InChI=1S/C11H20N2O3S/c1-17(15,16)13(10-6-7-10)8-11(14)12-9-4-2-3-5-9/h9-10H,2-8H2,1H3,(H,12,14). The fourth-order valence-corrected chi connectivity index (χ4v) is 3.47. The molecule has 5 nitrogen and oxygen atoms in total. The predicted octanol–water partition coefficient (Wildman–Crippen LogP) is 0.469. The molecule has 0 radical (unpaired) electrons. The highest BCUT2D eigenvalue weighted by Crippen LogP contribution is 2.28. The van der Waals surface area contributed by atoms with E-state index in [4.69, 9.17) is 0 Å². The first-order valence-electron chi connectivity index (χ1n) is 6.23. The van der Waals surface area contributed by atoms with E-state index in [1.807, 2.05) is 0 Å². The Morgan fingerprint density at radius 3 is 2.29 bits per heavy atom. The summed E-state index contributed by atoms with van der Waals surface area (Å²) in [5, 5.41) is 2.92. The van der Waals surface area contributed by atoms with E-state index < -0.39 is 10.0 Å². The van der Waals surface area contributed by atoms with Gasteiger partial charge in [0.05, 0.1) is 12.8 Å². The third kappa shape index (κ3) is 3.67. The van der Waals surface area contributed by atoms with Crippen molar-refractivity contribution in [1.29, 1.82) is 0 Å². The Kier molecular flexibility index (Phi) is 3.73. The molecule has 2 aliphatic carbocycles. The highest BCUT2D eigenvalue weighted by molar-refractivity contribution is 7.88. The Morgan fingerprint density at radius 1 is 1.24 bits per heavy atom. The molecule has 2 fully saturated rings. The van der Waals surface area contributed by atoms with Gasteiger partial charge in [0.25, 0.3) is 0 Å². The Balaban J connectivity index is 1.87. The monoisotopic (exact) mass is 260 g/mol. The number of carbonyl (C=O) groups is 1. The maximum Gasteiger partial charge on any atom is 0.235 e. The van der Waals surface area contributed by atoms with Gasteiger partial charge in [0.1, 0.15) is 0 Å². The normalized spacial score (nSPS) is 22.0. The third-order valence-electron chi connectivity index (χ3n) is 3.40. The summed E-state index contributed by atoms with van der Waals surface area (Å²) >= 11 is 0. The summed E-state index contributed by atoms with van der Waals surface area (Å²) in [6.07, 6.45) is 7.29. The van der Waals surface area contributed by atoms with Crippen LogP contribution in [0.4, 0.5) is 0 Å². The van der Waals surface area contributed by atoms with Crippen LogP contribution in [0.15, 0.2) is 0 Å². The van der Waals surface area contributed by atoms with Gasteiger partial charge in [-0.3, -0.25) is 4.79 Å². The Morgan fingerprint density at radius 2 is 1.82 bits per heavy atom. The van der Waals surface area contributed by atoms with Crippen molar-refractivity contribution in [2.24, 2.45) is 0 Å². The van der Waals surface area contributed by atoms with E-state index in [9.17, 15) is 13.2 Å². The van der Waals surface area contributed by atoms with Crippen molar-refractivity contribution < 1.29 is 13.2 Å². The smallest absolute Gasteiger partial charge is 0.235 e. The summed E-state index contributed by atoms with van der Waals surface area (Å²) in [5.74, 6) is -0.158. The zero-order valence-electron chi connectivity index (χ0n) is 10.2. The van der Waals surface area contributed by atoms with Crippen molar-refractivity contribution in [3.8, 4) is 0 Å². The van der Waals surface area contributed by atoms with Crippen LogP contribution in [0.1, 0.15) is 38.5 Å². The third-order valence-corrected chi connectivity index (χ3v) is 4.68. The number of hydrogen-bond donors (Lipinski definition) is 1. The quantitative estimate of drug-likeness (QED) is 0.781. The van der Waals surface area contributed by atoms with Crippen molar-refractivity contribution in [1.82, 2.24) is 9.62 Å². The first kappa shape index (κ1) is 12.8. The average molecular weight is 260 g/mol. The van der Waals surface area contributed by atoms with Crippen molar-refractivity contribution in [3.05, 3.63) is 0 Å². The molecule has 1 N–H and O–H groups in total. The second-order valence-electron chi connectivity index (χ2n) is 5.09. The Hall–Kier alpha value is -0.620. The summed E-state index contributed by atoms with van der Waals surface area (Å²) in [7, 11) is -3.26. The molecule has 1 amide bonds. The van der Waals surface area contributed by atoms with E-state index in [0.717, 1.165) is 38.5 Å². The number of nitrogens with one attached hydrogen (secondary N) is 1. The molecular formula is C11H20N2O3S. The lowest BCUT2D eigenvalue weighted by Crippen LogP contribution is -2.44. The molecule has 0 aliphatic heterocycles. The van der Waals surface area contributed by atoms with Crippen LogP contribution in [0.25, 0.3) is 0 Å². The van der Waals surface area contributed by atoms with Crippen LogP contribution in [0, 0.1) is 0 Å². The molecule has 6 heteroatoms. The molecule has 0 atom stereocenters. The summed E-state index contributed by atoms with van der Waals surface area (Å²) < 4.78 is 24.4. The van der Waals surface area contributed by atoms with Gasteiger partial charge in [-0.15, -0.1) is 0 Å². The first-order valence-corrected chi connectivity index (χ1v) is 8.08. The minimum Gasteiger partial charge on any atom is -0.352 e. The zero-order valence-corrected chi connectivity index (χ0v) is 11.0. The van der Waals surface area contributed by atoms with Crippen LogP contribution in [0.2, 0.25) is 0 Å². The molecule has 17 heavy (non-hydrogen) atoms. The lowest BCUT2D eigenvalue weighted by atomic mass is 10.2. The van der Waals surface area contributed by atoms with Crippen molar-refractivity contribution >= 4 is 15.9 Å². The van der Waals surface area contributed by atoms with Crippen LogP contribution in [0.5, 0.6) is 0 Å². The minimum absolute atomic E-state index is 0.0139. The molecule has 0 unspecified atom stereocenters.